The highest BCUT2D eigenvalue weighted by Gasteiger charge is 2.15. The van der Waals surface area contributed by atoms with Crippen LogP contribution in [0.5, 0.6) is 0 Å². The van der Waals surface area contributed by atoms with E-state index in [4.69, 9.17) is 15.2 Å². The molecule has 0 spiro atoms. The topological polar surface area (TPSA) is 73.6 Å². The van der Waals surface area contributed by atoms with E-state index in [1.807, 2.05) is 0 Å². The molecular formula is C15H21FN2O3. The van der Waals surface area contributed by atoms with Gasteiger partial charge in [0.15, 0.2) is 0 Å². The minimum atomic E-state index is -0.581. The summed E-state index contributed by atoms with van der Waals surface area (Å²) in [4.78, 5) is 11.8. The van der Waals surface area contributed by atoms with Gasteiger partial charge in [0.05, 0.1) is 24.0 Å². The molecule has 1 amide bonds. The number of hydrogen-bond acceptors (Lipinski definition) is 4. The largest absolute Gasteiger partial charge is 0.396 e. The number of amides is 1. The molecule has 1 aromatic rings. The molecule has 1 aliphatic rings. The summed E-state index contributed by atoms with van der Waals surface area (Å²) in [5.74, 6) is -0.950. The van der Waals surface area contributed by atoms with Gasteiger partial charge in [0.1, 0.15) is 5.82 Å². The number of rotatable bonds is 7. The fourth-order valence-electron chi connectivity index (χ4n) is 2.20. The molecule has 2 rings (SSSR count). The lowest BCUT2D eigenvalue weighted by atomic mass is 10.1. The molecule has 1 fully saturated rings. The molecule has 21 heavy (non-hydrogen) atoms. The first kappa shape index (κ1) is 15.7. The van der Waals surface area contributed by atoms with Gasteiger partial charge in [0, 0.05) is 19.8 Å². The van der Waals surface area contributed by atoms with Gasteiger partial charge in [-0.25, -0.2) is 4.39 Å². The van der Waals surface area contributed by atoms with Gasteiger partial charge in [0.25, 0.3) is 5.91 Å². The zero-order valence-corrected chi connectivity index (χ0v) is 11.9. The molecule has 0 aromatic heterocycles. The first-order valence-electron chi connectivity index (χ1n) is 7.20. The molecule has 0 radical (unpaired) electrons. The van der Waals surface area contributed by atoms with Crippen LogP contribution in [0.25, 0.3) is 0 Å². The highest BCUT2D eigenvalue weighted by molar-refractivity contribution is 5.99. The van der Waals surface area contributed by atoms with Crippen molar-refractivity contribution < 1.29 is 18.7 Å². The molecule has 0 bridgehead atoms. The molecule has 1 atom stereocenters. The van der Waals surface area contributed by atoms with Gasteiger partial charge in [-0.15, -0.1) is 0 Å². The summed E-state index contributed by atoms with van der Waals surface area (Å²) in [5.41, 5.74) is 5.57. The Morgan fingerprint density at radius 1 is 1.52 bits per heavy atom. The van der Waals surface area contributed by atoms with Gasteiger partial charge >= 0.3 is 0 Å². The Balaban J connectivity index is 1.61. The third-order valence-corrected chi connectivity index (χ3v) is 3.38. The molecule has 5 nitrogen and oxygen atoms in total. The van der Waals surface area contributed by atoms with E-state index >= 15 is 0 Å². The van der Waals surface area contributed by atoms with Crippen molar-refractivity contribution in [2.24, 2.45) is 0 Å². The third-order valence-electron chi connectivity index (χ3n) is 3.38. The molecule has 1 saturated heterocycles. The smallest absolute Gasteiger partial charge is 0.253 e. The fourth-order valence-corrected chi connectivity index (χ4v) is 2.20. The fraction of sp³-hybridized carbons (Fsp3) is 0.533. The van der Waals surface area contributed by atoms with Gasteiger partial charge in [-0.2, -0.15) is 0 Å². The summed E-state index contributed by atoms with van der Waals surface area (Å²) >= 11 is 0. The number of nitrogens with two attached hydrogens (primary N) is 1. The van der Waals surface area contributed by atoms with Crippen LogP contribution in [0.1, 0.15) is 29.6 Å². The lowest BCUT2D eigenvalue weighted by Crippen LogP contribution is -2.26. The Morgan fingerprint density at radius 2 is 2.38 bits per heavy atom. The molecular weight excluding hydrogens is 275 g/mol. The van der Waals surface area contributed by atoms with Crippen molar-refractivity contribution >= 4 is 11.6 Å². The lowest BCUT2D eigenvalue weighted by Gasteiger charge is -2.11. The molecule has 3 N–H and O–H groups in total. The highest BCUT2D eigenvalue weighted by Crippen LogP contribution is 2.15. The maximum Gasteiger partial charge on any atom is 0.253 e. The summed E-state index contributed by atoms with van der Waals surface area (Å²) in [5, 5.41) is 2.70. The average Bonchev–Trinajstić information content (AvgIpc) is 2.98. The number of halogens is 1. The Bertz CT molecular complexity index is 476. The summed E-state index contributed by atoms with van der Waals surface area (Å²) < 4.78 is 24.2. The van der Waals surface area contributed by atoms with E-state index in [0.717, 1.165) is 19.4 Å². The van der Waals surface area contributed by atoms with Crippen LogP contribution in [-0.2, 0) is 9.47 Å². The van der Waals surface area contributed by atoms with Crippen molar-refractivity contribution in [3.8, 4) is 0 Å². The zero-order valence-electron chi connectivity index (χ0n) is 11.9. The number of benzene rings is 1. The van der Waals surface area contributed by atoms with E-state index < -0.39 is 5.82 Å². The number of para-hydroxylation sites is 1. The third kappa shape index (κ3) is 4.68. The van der Waals surface area contributed by atoms with Crippen LogP contribution in [0.15, 0.2) is 18.2 Å². The highest BCUT2D eigenvalue weighted by atomic mass is 19.1. The number of carbonyl (C=O) groups excluding carboxylic acids is 1. The average molecular weight is 296 g/mol. The van der Waals surface area contributed by atoms with Gasteiger partial charge in [0.2, 0.25) is 0 Å². The lowest BCUT2D eigenvalue weighted by molar-refractivity contribution is 0.0166. The normalized spacial score (nSPS) is 17.9. The minimum Gasteiger partial charge on any atom is -0.396 e. The molecule has 1 aromatic carbocycles. The molecule has 1 heterocycles. The first-order valence-corrected chi connectivity index (χ1v) is 7.20. The van der Waals surface area contributed by atoms with Crippen LogP contribution in [0.3, 0.4) is 0 Å². The van der Waals surface area contributed by atoms with Crippen LogP contribution < -0.4 is 11.1 Å². The standard InChI is InChI=1S/C15H21FN2O3/c16-13-6-1-5-12(14(13)17)15(19)18-7-3-8-20-10-11-4-2-9-21-11/h1,5-6,11H,2-4,7-10,17H2,(H,18,19). The van der Waals surface area contributed by atoms with Crippen LogP contribution in [0.2, 0.25) is 0 Å². The van der Waals surface area contributed by atoms with E-state index in [-0.39, 0.29) is 23.3 Å². The van der Waals surface area contributed by atoms with E-state index in [9.17, 15) is 9.18 Å². The van der Waals surface area contributed by atoms with Crippen LogP contribution in [0.4, 0.5) is 10.1 Å². The predicted octanol–water partition coefficient (Wildman–Crippen LogP) is 1.72. The maximum absolute atomic E-state index is 13.2. The summed E-state index contributed by atoms with van der Waals surface area (Å²) in [6.07, 6.45) is 3.05. The predicted molar refractivity (Wildman–Crippen MR) is 77.6 cm³/mol. The second-order valence-electron chi connectivity index (χ2n) is 5.02. The number of nitrogen functional groups attached to an aromatic ring is 1. The molecule has 6 heteroatoms. The number of carbonyl (C=O) groups is 1. The monoisotopic (exact) mass is 296 g/mol. The van der Waals surface area contributed by atoms with Crippen molar-refractivity contribution in [3.05, 3.63) is 29.6 Å². The van der Waals surface area contributed by atoms with Crippen LogP contribution in [-0.4, -0.2) is 38.4 Å². The van der Waals surface area contributed by atoms with E-state index in [1.165, 1.54) is 18.2 Å². The van der Waals surface area contributed by atoms with Crippen LogP contribution in [0, 0.1) is 5.82 Å². The molecule has 1 unspecified atom stereocenters. The number of anilines is 1. The summed E-state index contributed by atoms with van der Waals surface area (Å²) in [6.45, 7) is 2.43. The van der Waals surface area contributed by atoms with Crippen molar-refractivity contribution in [2.75, 3.05) is 32.1 Å². The quantitative estimate of drug-likeness (QED) is 0.593. The number of nitrogens with one attached hydrogen (secondary N) is 1. The van der Waals surface area contributed by atoms with Gasteiger partial charge in [-0.3, -0.25) is 4.79 Å². The maximum atomic E-state index is 13.2. The first-order chi connectivity index (χ1) is 10.2. The Labute approximate surface area is 123 Å². The summed E-state index contributed by atoms with van der Waals surface area (Å²) in [7, 11) is 0. The van der Waals surface area contributed by atoms with E-state index in [1.54, 1.807) is 0 Å². The second-order valence-corrected chi connectivity index (χ2v) is 5.02. The van der Waals surface area contributed by atoms with Crippen LogP contribution >= 0.6 is 0 Å². The Morgan fingerprint density at radius 3 is 3.14 bits per heavy atom. The molecule has 0 aliphatic carbocycles. The molecule has 1 aliphatic heterocycles. The number of hydrogen-bond donors (Lipinski definition) is 2. The van der Waals surface area contributed by atoms with Crippen molar-refractivity contribution in [1.29, 1.82) is 0 Å². The van der Waals surface area contributed by atoms with Gasteiger partial charge in [-0.05, 0) is 31.4 Å². The second kappa shape index (κ2) is 7.95. The Hall–Kier alpha value is -1.66. The molecule has 0 saturated carbocycles. The molecule has 116 valence electrons. The summed E-state index contributed by atoms with van der Waals surface area (Å²) in [6, 6.07) is 4.19. The van der Waals surface area contributed by atoms with Crippen molar-refractivity contribution in [3.63, 3.8) is 0 Å². The number of ether oxygens (including phenoxy) is 2. The van der Waals surface area contributed by atoms with Crippen molar-refractivity contribution in [2.45, 2.75) is 25.4 Å². The van der Waals surface area contributed by atoms with E-state index in [2.05, 4.69) is 5.32 Å². The van der Waals surface area contributed by atoms with Crippen molar-refractivity contribution in [1.82, 2.24) is 5.32 Å². The van der Waals surface area contributed by atoms with Gasteiger partial charge < -0.3 is 20.5 Å². The Kier molecular flexibility index (Phi) is 5.95. The van der Waals surface area contributed by atoms with Gasteiger partial charge in [-0.1, -0.05) is 6.07 Å². The zero-order chi connectivity index (χ0) is 15.1. The van der Waals surface area contributed by atoms with E-state index in [0.29, 0.717) is 26.2 Å². The SMILES string of the molecule is Nc1c(F)cccc1C(=O)NCCCOCC1CCCO1. The minimum absolute atomic E-state index is 0.121.